The maximum absolute atomic E-state index is 12.0. The summed E-state index contributed by atoms with van der Waals surface area (Å²) in [4.78, 5) is 14.5. The highest BCUT2D eigenvalue weighted by molar-refractivity contribution is 5.80. The Hall–Kier alpha value is -0.650. The van der Waals surface area contributed by atoms with Crippen LogP contribution in [-0.4, -0.2) is 62.4 Å². The van der Waals surface area contributed by atoms with Crippen LogP contribution in [0.1, 0.15) is 45.4 Å². The molecule has 5 nitrogen and oxygen atoms in total. The van der Waals surface area contributed by atoms with Gasteiger partial charge in [0.1, 0.15) is 5.54 Å². The van der Waals surface area contributed by atoms with E-state index >= 15 is 0 Å². The molecule has 0 radical (unpaired) electrons. The van der Waals surface area contributed by atoms with Crippen LogP contribution in [0.5, 0.6) is 0 Å². The predicted octanol–water partition coefficient (Wildman–Crippen LogP) is 1.56. The van der Waals surface area contributed by atoms with Gasteiger partial charge in [0.05, 0.1) is 13.7 Å². The number of hydrogen-bond donors (Lipinski definition) is 1. The lowest BCUT2D eigenvalue weighted by Crippen LogP contribution is -2.51. The van der Waals surface area contributed by atoms with Gasteiger partial charge in [-0.3, -0.25) is 10.1 Å². The third kappa shape index (κ3) is 5.57. The van der Waals surface area contributed by atoms with E-state index in [0.717, 1.165) is 58.5 Å². The molecule has 0 aromatic carbocycles. The number of carbonyl (C=O) groups excluding carboxylic acids is 1. The Bertz CT molecular complexity index is 325. The SMILES string of the molecule is COC(=O)C(C)(CCCCN1CCCOCC1)NC1CC1. The number of methoxy groups -OCH3 is 1. The quantitative estimate of drug-likeness (QED) is 0.544. The second-order valence-corrected chi connectivity index (χ2v) is 6.51. The zero-order chi connectivity index (χ0) is 15.1. The van der Waals surface area contributed by atoms with E-state index in [2.05, 4.69) is 10.2 Å². The number of nitrogens with zero attached hydrogens (tertiary/aromatic N) is 1. The summed E-state index contributed by atoms with van der Waals surface area (Å²) in [5.74, 6) is -0.127. The highest BCUT2D eigenvalue weighted by Gasteiger charge is 2.38. The second kappa shape index (κ2) is 8.11. The highest BCUT2D eigenvalue weighted by Crippen LogP contribution is 2.26. The highest BCUT2D eigenvalue weighted by atomic mass is 16.5. The van der Waals surface area contributed by atoms with Crippen LogP contribution in [0.4, 0.5) is 0 Å². The maximum atomic E-state index is 12.0. The number of nitrogens with one attached hydrogen (secondary N) is 1. The van der Waals surface area contributed by atoms with Gasteiger partial charge < -0.3 is 14.4 Å². The van der Waals surface area contributed by atoms with Gasteiger partial charge in [-0.05, 0) is 52.0 Å². The fraction of sp³-hybridized carbons (Fsp3) is 0.938. The fourth-order valence-electron chi connectivity index (χ4n) is 2.97. The van der Waals surface area contributed by atoms with Crippen molar-refractivity contribution >= 4 is 5.97 Å². The number of rotatable bonds is 8. The van der Waals surface area contributed by atoms with E-state index in [1.807, 2.05) is 6.92 Å². The summed E-state index contributed by atoms with van der Waals surface area (Å²) in [6, 6.07) is 0.511. The molecule has 5 heteroatoms. The molecule has 122 valence electrons. The van der Waals surface area contributed by atoms with Crippen LogP contribution in [0.3, 0.4) is 0 Å². The van der Waals surface area contributed by atoms with Gasteiger partial charge in [0.2, 0.25) is 0 Å². The number of esters is 1. The van der Waals surface area contributed by atoms with Crippen molar-refractivity contribution < 1.29 is 14.3 Å². The molecular formula is C16H30N2O3. The first-order chi connectivity index (χ1) is 10.1. The zero-order valence-electron chi connectivity index (χ0n) is 13.5. The van der Waals surface area contributed by atoms with Gasteiger partial charge in [0.25, 0.3) is 0 Å². The Kier molecular flexibility index (Phi) is 6.45. The number of hydrogen-bond acceptors (Lipinski definition) is 5. The van der Waals surface area contributed by atoms with Crippen LogP contribution in [0.2, 0.25) is 0 Å². The molecule has 1 N–H and O–H groups in total. The Morgan fingerprint density at radius 3 is 2.86 bits per heavy atom. The maximum Gasteiger partial charge on any atom is 0.325 e. The van der Waals surface area contributed by atoms with Crippen molar-refractivity contribution in [2.75, 3.05) is 40.0 Å². The van der Waals surface area contributed by atoms with Crippen LogP contribution in [0.15, 0.2) is 0 Å². The first kappa shape index (κ1) is 16.7. The minimum atomic E-state index is -0.516. The van der Waals surface area contributed by atoms with Gasteiger partial charge in [-0.2, -0.15) is 0 Å². The predicted molar refractivity (Wildman–Crippen MR) is 82.3 cm³/mol. The third-order valence-corrected chi connectivity index (χ3v) is 4.45. The van der Waals surface area contributed by atoms with Crippen LogP contribution in [0, 0.1) is 0 Å². The van der Waals surface area contributed by atoms with Gasteiger partial charge in [-0.25, -0.2) is 0 Å². The third-order valence-electron chi connectivity index (χ3n) is 4.45. The summed E-state index contributed by atoms with van der Waals surface area (Å²) in [5.41, 5.74) is -0.516. The number of unbranched alkanes of at least 4 members (excludes halogenated alkanes) is 1. The monoisotopic (exact) mass is 298 g/mol. The van der Waals surface area contributed by atoms with E-state index in [1.54, 1.807) is 0 Å². The second-order valence-electron chi connectivity index (χ2n) is 6.51. The van der Waals surface area contributed by atoms with Crippen molar-refractivity contribution in [3.63, 3.8) is 0 Å². The van der Waals surface area contributed by atoms with Crippen molar-refractivity contribution in [2.24, 2.45) is 0 Å². The summed E-state index contributed by atoms with van der Waals surface area (Å²) in [7, 11) is 1.48. The molecule has 1 saturated heterocycles. The number of carbonyl (C=O) groups is 1. The summed E-state index contributed by atoms with van der Waals surface area (Å²) < 4.78 is 10.4. The Labute approximate surface area is 128 Å². The van der Waals surface area contributed by atoms with Crippen molar-refractivity contribution in [2.45, 2.75) is 57.0 Å². The largest absolute Gasteiger partial charge is 0.468 e. The van der Waals surface area contributed by atoms with Gasteiger partial charge in [0, 0.05) is 25.7 Å². The van der Waals surface area contributed by atoms with Crippen molar-refractivity contribution in [1.82, 2.24) is 10.2 Å². The molecule has 2 aliphatic rings. The molecule has 1 aliphatic carbocycles. The lowest BCUT2D eigenvalue weighted by molar-refractivity contribution is -0.148. The van der Waals surface area contributed by atoms with Gasteiger partial charge in [0.15, 0.2) is 0 Å². The summed E-state index contributed by atoms with van der Waals surface area (Å²) in [5, 5.41) is 3.46. The summed E-state index contributed by atoms with van der Waals surface area (Å²) in [6.45, 7) is 7.00. The van der Waals surface area contributed by atoms with Gasteiger partial charge >= 0.3 is 5.97 Å². The lowest BCUT2D eigenvalue weighted by atomic mass is 9.94. The number of ether oxygens (including phenoxy) is 2. The molecule has 1 aliphatic heterocycles. The molecule has 21 heavy (non-hydrogen) atoms. The average Bonchev–Trinajstić information content (AvgIpc) is 3.30. The van der Waals surface area contributed by atoms with E-state index in [4.69, 9.17) is 9.47 Å². The molecular weight excluding hydrogens is 268 g/mol. The van der Waals surface area contributed by atoms with Crippen LogP contribution in [0.25, 0.3) is 0 Å². The molecule has 1 heterocycles. The van der Waals surface area contributed by atoms with Crippen molar-refractivity contribution in [1.29, 1.82) is 0 Å². The van der Waals surface area contributed by atoms with E-state index < -0.39 is 5.54 Å². The molecule has 2 fully saturated rings. The smallest absolute Gasteiger partial charge is 0.325 e. The molecule has 1 unspecified atom stereocenters. The van der Waals surface area contributed by atoms with E-state index in [9.17, 15) is 4.79 Å². The molecule has 0 aromatic rings. The van der Waals surface area contributed by atoms with Crippen molar-refractivity contribution in [3.8, 4) is 0 Å². The molecule has 1 atom stereocenters. The molecule has 0 bridgehead atoms. The molecule has 0 amide bonds. The minimum Gasteiger partial charge on any atom is -0.468 e. The molecule has 0 spiro atoms. The first-order valence-electron chi connectivity index (χ1n) is 8.30. The summed E-state index contributed by atoms with van der Waals surface area (Å²) in [6.07, 6.45) is 6.51. The molecule has 2 rings (SSSR count). The van der Waals surface area contributed by atoms with Crippen LogP contribution < -0.4 is 5.32 Å². The summed E-state index contributed by atoms with van der Waals surface area (Å²) >= 11 is 0. The minimum absolute atomic E-state index is 0.127. The van der Waals surface area contributed by atoms with E-state index in [0.29, 0.717) is 6.04 Å². The standard InChI is InChI=1S/C16H30N2O3/c1-16(15(19)20-2,17-14-6-7-14)8-3-4-9-18-10-5-12-21-13-11-18/h14,17H,3-13H2,1-2H3. The van der Waals surface area contributed by atoms with E-state index in [-0.39, 0.29) is 5.97 Å². The van der Waals surface area contributed by atoms with Crippen LogP contribution in [-0.2, 0) is 14.3 Å². The Morgan fingerprint density at radius 1 is 1.33 bits per heavy atom. The molecule has 1 saturated carbocycles. The Balaban J connectivity index is 1.69. The van der Waals surface area contributed by atoms with Gasteiger partial charge in [-0.1, -0.05) is 0 Å². The Morgan fingerprint density at radius 2 is 2.14 bits per heavy atom. The molecule has 0 aromatic heterocycles. The van der Waals surface area contributed by atoms with Crippen molar-refractivity contribution in [3.05, 3.63) is 0 Å². The topological polar surface area (TPSA) is 50.8 Å². The fourth-order valence-corrected chi connectivity index (χ4v) is 2.97. The first-order valence-corrected chi connectivity index (χ1v) is 8.30. The van der Waals surface area contributed by atoms with E-state index in [1.165, 1.54) is 20.0 Å². The van der Waals surface area contributed by atoms with Gasteiger partial charge in [-0.15, -0.1) is 0 Å². The lowest BCUT2D eigenvalue weighted by Gasteiger charge is -2.28. The normalized spacial score (nSPS) is 23.3. The average molecular weight is 298 g/mol. The van der Waals surface area contributed by atoms with Crippen LogP contribution >= 0.6 is 0 Å². The zero-order valence-corrected chi connectivity index (χ0v) is 13.5.